The smallest absolute Gasteiger partial charge is 0.251 e. The van der Waals surface area contributed by atoms with E-state index < -0.39 is 0 Å². The molecule has 0 saturated carbocycles. The molecule has 2 amide bonds. The predicted octanol–water partition coefficient (Wildman–Crippen LogP) is 3.94. The zero-order valence-electron chi connectivity index (χ0n) is 14.2. The van der Waals surface area contributed by atoms with Crippen LogP contribution in [0.5, 0.6) is 0 Å². The summed E-state index contributed by atoms with van der Waals surface area (Å²) in [5, 5.41) is 2.91. The van der Waals surface area contributed by atoms with Crippen molar-refractivity contribution in [2.75, 3.05) is 11.4 Å². The van der Waals surface area contributed by atoms with Crippen LogP contribution >= 0.6 is 15.9 Å². The number of halogens is 1. The molecule has 4 nitrogen and oxygen atoms in total. The first-order valence-electron chi connectivity index (χ1n) is 8.49. The third-order valence-electron chi connectivity index (χ3n) is 4.36. The van der Waals surface area contributed by atoms with Gasteiger partial charge in [0.2, 0.25) is 5.91 Å². The van der Waals surface area contributed by atoms with Crippen LogP contribution in [0, 0.1) is 0 Å². The number of aryl methyl sites for hydroxylation is 1. The lowest BCUT2D eigenvalue weighted by atomic mass is 10.0. The Balaban J connectivity index is 1.64. The number of amides is 2. The summed E-state index contributed by atoms with van der Waals surface area (Å²) in [6.07, 6.45) is 2.23. The molecular formula is C20H21BrN2O2. The molecule has 2 aromatic carbocycles. The van der Waals surface area contributed by atoms with Crippen molar-refractivity contribution in [1.82, 2.24) is 5.32 Å². The molecule has 1 atom stereocenters. The van der Waals surface area contributed by atoms with Gasteiger partial charge < -0.3 is 10.2 Å². The number of benzene rings is 2. The van der Waals surface area contributed by atoms with E-state index in [1.54, 1.807) is 12.1 Å². The van der Waals surface area contributed by atoms with E-state index in [0.717, 1.165) is 29.5 Å². The van der Waals surface area contributed by atoms with E-state index in [9.17, 15) is 9.59 Å². The molecule has 1 aliphatic rings. The predicted molar refractivity (Wildman–Crippen MR) is 103 cm³/mol. The quantitative estimate of drug-likeness (QED) is 0.844. The standard InChI is InChI=1S/C20H21BrN2O2/c1-14(22-20(25)15-6-3-2-4-7-15)12-19(24)23-11-5-8-16-13-17(21)9-10-18(16)23/h2-4,6-7,9-10,13-14H,5,8,11-12H2,1H3,(H,22,25)/t14-/m1/s1. The van der Waals surface area contributed by atoms with Gasteiger partial charge in [-0.3, -0.25) is 9.59 Å². The molecule has 1 aliphatic heterocycles. The highest BCUT2D eigenvalue weighted by atomic mass is 79.9. The molecule has 0 aromatic heterocycles. The fraction of sp³-hybridized carbons (Fsp3) is 0.300. The van der Waals surface area contributed by atoms with Gasteiger partial charge in [-0.1, -0.05) is 34.1 Å². The van der Waals surface area contributed by atoms with Gasteiger partial charge in [0.1, 0.15) is 0 Å². The number of carbonyl (C=O) groups excluding carboxylic acids is 2. The van der Waals surface area contributed by atoms with Crippen LogP contribution in [0.4, 0.5) is 5.69 Å². The molecule has 2 aromatic rings. The van der Waals surface area contributed by atoms with E-state index in [0.29, 0.717) is 5.56 Å². The topological polar surface area (TPSA) is 49.4 Å². The second-order valence-electron chi connectivity index (χ2n) is 6.37. The van der Waals surface area contributed by atoms with Crippen LogP contribution in [-0.2, 0) is 11.2 Å². The first-order valence-corrected chi connectivity index (χ1v) is 9.28. The minimum Gasteiger partial charge on any atom is -0.349 e. The van der Waals surface area contributed by atoms with Gasteiger partial charge in [-0.05, 0) is 55.7 Å². The van der Waals surface area contributed by atoms with E-state index in [4.69, 9.17) is 0 Å². The number of hydrogen-bond donors (Lipinski definition) is 1. The van der Waals surface area contributed by atoms with Crippen molar-refractivity contribution >= 4 is 33.4 Å². The molecule has 0 spiro atoms. The second kappa shape index (κ2) is 7.83. The summed E-state index contributed by atoms with van der Waals surface area (Å²) in [5.74, 6) is -0.104. The summed E-state index contributed by atoms with van der Waals surface area (Å²) in [7, 11) is 0. The van der Waals surface area contributed by atoms with Gasteiger partial charge >= 0.3 is 0 Å². The van der Waals surface area contributed by atoms with Gasteiger partial charge in [-0.2, -0.15) is 0 Å². The lowest BCUT2D eigenvalue weighted by molar-refractivity contribution is -0.119. The summed E-state index contributed by atoms with van der Waals surface area (Å²) < 4.78 is 1.03. The minimum atomic E-state index is -0.221. The number of rotatable bonds is 4. The van der Waals surface area contributed by atoms with Crippen molar-refractivity contribution in [2.24, 2.45) is 0 Å². The molecule has 130 valence electrons. The monoisotopic (exact) mass is 400 g/mol. The lowest BCUT2D eigenvalue weighted by Gasteiger charge is -2.30. The summed E-state index contributed by atoms with van der Waals surface area (Å²) in [6, 6.07) is 14.9. The molecule has 3 rings (SSSR count). The molecule has 0 fully saturated rings. The minimum absolute atomic E-state index is 0.0455. The fourth-order valence-corrected chi connectivity index (χ4v) is 3.55. The SMILES string of the molecule is C[C@H](CC(=O)N1CCCc2cc(Br)ccc21)NC(=O)c1ccccc1. The normalized spacial score (nSPS) is 14.6. The van der Waals surface area contributed by atoms with Crippen LogP contribution in [0.3, 0.4) is 0 Å². The van der Waals surface area contributed by atoms with Gasteiger partial charge in [0.15, 0.2) is 0 Å². The number of carbonyl (C=O) groups is 2. The second-order valence-corrected chi connectivity index (χ2v) is 7.28. The van der Waals surface area contributed by atoms with Gasteiger partial charge in [-0.25, -0.2) is 0 Å². The van der Waals surface area contributed by atoms with Crippen LogP contribution in [0.2, 0.25) is 0 Å². The van der Waals surface area contributed by atoms with E-state index in [1.807, 2.05) is 42.2 Å². The van der Waals surface area contributed by atoms with E-state index in [-0.39, 0.29) is 24.3 Å². The Labute approximate surface area is 156 Å². The fourth-order valence-electron chi connectivity index (χ4n) is 3.14. The Morgan fingerprint density at radius 3 is 2.72 bits per heavy atom. The molecule has 1 N–H and O–H groups in total. The Bertz CT molecular complexity index is 777. The molecule has 1 heterocycles. The highest BCUT2D eigenvalue weighted by Gasteiger charge is 2.24. The van der Waals surface area contributed by atoms with Gasteiger partial charge in [0.25, 0.3) is 5.91 Å². The summed E-state index contributed by atoms with van der Waals surface area (Å²) in [6.45, 7) is 2.60. The number of nitrogens with zero attached hydrogens (tertiary/aromatic N) is 1. The molecule has 0 aliphatic carbocycles. The Morgan fingerprint density at radius 1 is 1.20 bits per heavy atom. The van der Waals surface area contributed by atoms with Crippen molar-refractivity contribution in [1.29, 1.82) is 0 Å². The highest BCUT2D eigenvalue weighted by Crippen LogP contribution is 2.30. The summed E-state index contributed by atoms with van der Waals surface area (Å²) >= 11 is 3.49. The van der Waals surface area contributed by atoms with Crippen LogP contribution in [0.15, 0.2) is 53.0 Å². The average molecular weight is 401 g/mol. The number of nitrogens with one attached hydrogen (secondary N) is 1. The Morgan fingerprint density at radius 2 is 1.96 bits per heavy atom. The van der Waals surface area contributed by atoms with Gasteiger partial charge in [0, 0.05) is 34.7 Å². The molecule has 0 unspecified atom stereocenters. The largest absolute Gasteiger partial charge is 0.349 e. The zero-order chi connectivity index (χ0) is 17.8. The number of anilines is 1. The zero-order valence-corrected chi connectivity index (χ0v) is 15.8. The number of hydrogen-bond acceptors (Lipinski definition) is 2. The van der Waals surface area contributed by atoms with Crippen molar-refractivity contribution in [3.8, 4) is 0 Å². The molecule has 0 radical (unpaired) electrons. The summed E-state index contributed by atoms with van der Waals surface area (Å²) in [4.78, 5) is 26.8. The molecular weight excluding hydrogens is 380 g/mol. The van der Waals surface area contributed by atoms with Crippen LogP contribution in [0.1, 0.15) is 35.7 Å². The van der Waals surface area contributed by atoms with Crippen LogP contribution in [-0.4, -0.2) is 24.4 Å². The summed E-state index contributed by atoms with van der Waals surface area (Å²) in [5.41, 5.74) is 2.78. The Kier molecular flexibility index (Phi) is 5.53. The van der Waals surface area contributed by atoms with Crippen molar-refractivity contribution in [3.63, 3.8) is 0 Å². The maximum absolute atomic E-state index is 12.7. The number of fused-ring (bicyclic) bond motifs is 1. The molecule has 0 saturated heterocycles. The van der Waals surface area contributed by atoms with Crippen molar-refractivity contribution in [2.45, 2.75) is 32.2 Å². The first kappa shape index (κ1) is 17.7. The van der Waals surface area contributed by atoms with Crippen LogP contribution < -0.4 is 10.2 Å². The van der Waals surface area contributed by atoms with Crippen molar-refractivity contribution < 1.29 is 9.59 Å². The third kappa shape index (κ3) is 4.28. The maximum atomic E-state index is 12.7. The lowest BCUT2D eigenvalue weighted by Crippen LogP contribution is -2.41. The first-order chi connectivity index (χ1) is 12.0. The van der Waals surface area contributed by atoms with E-state index in [2.05, 4.69) is 27.3 Å². The van der Waals surface area contributed by atoms with E-state index >= 15 is 0 Å². The maximum Gasteiger partial charge on any atom is 0.251 e. The van der Waals surface area contributed by atoms with E-state index in [1.165, 1.54) is 5.56 Å². The Hall–Kier alpha value is -2.14. The van der Waals surface area contributed by atoms with Crippen LogP contribution in [0.25, 0.3) is 0 Å². The van der Waals surface area contributed by atoms with Crippen molar-refractivity contribution in [3.05, 3.63) is 64.1 Å². The molecule has 25 heavy (non-hydrogen) atoms. The molecule has 5 heteroatoms. The third-order valence-corrected chi connectivity index (χ3v) is 4.85. The highest BCUT2D eigenvalue weighted by molar-refractivity contribution is 9.10. The van der Waals surface area contributed by atoms with Gasteiger partial charge in [0.05, 0.1) is 0 Å². The average Bonchev–Trinajstić information content (AvgIpc) is 2.61. The molecule has 0 bridgehead atoms. The van der Waals surface area contributed by atoms with Gasteiger partial charge in [-0.15, -0.1) is 0 Å².